The summed E-state index contributed by atoms with van der Waals surface area (Å²) < 4.78 is 9.36. The lowest BCUT2D eigenvalue weighted by atomic mass is 10.2. The van der Waals surface area contributed by atoms with Crippen LogP contribution in [0.5, 0.6) is 0 Å². The van der Waals surface area contributed by atoms with Crippen LogP contribution in [0.15, 0.2) is 0 Å². The maximum atomic E-state index is 11.0. The molecule has 0 aliphatic rings. The molecule has 0 saturated carbocycles. The van der Waals surface area contributed by atoms with E-state index in [0.29, 0.717) is 0 Å². The van der Waals surface area contributed by atoms with E-state index in [0.717, 1.165) is 0 Å². The largest absolute Gasteiger partial charge is 0.512 e. The summed E-state index contributed by atoms with van der Waals surface area (Å²) in [6.07, 6.45) is -0.910. The smallest absolute Gasteiger partial charge is 0.428 e. The summed E-state index contributed by atoms with van der Waals surface area (Å²) in [4.78, 5) is 11.0. The molecule has 0 fully saturated rings. The summed E-state index contributed by atoms with van der Waals surface area (Å²) >= 11 is 0. The molecular formula is C7H17N3O3. The van der Waals surface area contributed by atoms with Gasteiger partial charge in [0, 0.05) is 0 Å². The molecule has 6 nitrogen and oxygen atoms in total. The lowest BCUT2D eigenvalue weighted by Gasteiger charge is -2.25. The first kappa shape index (κ1) is 12.2. The standard InChI is InChI=1S/C7H17N3O3/c1-6(2,3)12-5(11)13-7(8,9)10-4/h10H,8-9H2,1-4H3. The number of ether oxygens (including phenoxy) is 2. The summed E-state index contributed by atoms with van der Waals surface area (Å²) in [5, 5.41) is 2.39. The second kappa shape index (κ2) is 3.91. The molecule has 0 unspecified atom stereocenters. The van der Waals surface area contributed by atoms with Gasteiger partial charge < -0.3 is 9.47 Å². The highest BCUT2D eigenvalue weighted by Crippen LogP contribution is 2.08. The van der Waals surface area contributed by atoms with Crippen LogP contribution in [0.1, 0.15) is 20.8 Å². The molecular weight excluding hydrogens is 174 g/mol. The van der Waals surface area contributed by atoms with Gasteiger partial charge in [-0.05, 0) is 27.8 Å². The molecule has 0 aromatic rings. The zero-order valence-electron chi connectivity index (χ0n) is 8.38. The number of rotatable bonds is 2. The van der Waals surface area contributed by atoms with Crippen molar-refractivity contribution in [1.82, 2.24) is 5.32 Å². The number of hydrogen-bond donors (Lipinski definition) is 3. The van der Waals surface area contributed by atoms with Crippen molar-refractivity contribution in [2.45, 2.75) is 32.3 Å². The predicted octanol–water partition coefficient (Wildman–Crippen LogP) is -0.314. The zero-order valence-corrected chi connectivity index (χ0v) is 8.38. The molecule has 0 aromatic carbocycles. The minimum Gasteiger partial charge on any atom is -0.428 e. The number of hydrogen-bond acceptors (Lipinski definition) is 6. The summed E-state index contributed by atoms with van der Waals surface area (Å²) in [6, 6.07) is 0. The van der Waals surface area contributed by atoms with E-state index in [2.05, 4.69) is 10.1 Å². The van der Waals surface area contributed by atoms with E-state index in [-0.39, 0.29) is 0 Å². The van der Waals surface area contributed by atoms with Gasteiger partial charge in [-0.15, -0.1) is 0 Å². The van der Waals surface area contributed by atoms with E-state index in [1.807, 2.05) is 0 Å². The fourth-order valence-corrected chi connectivity index (χ4v) is 0.460. The van der Waals surface area contributed by atoms with E-state index >= 15 is 0 Å². The molecule has 0 rings (SSSR count). The van der Waals surface area contributed by atoms with E-state index in [4.69, 9.17) is 16.2 Å². The van der Waals surface area contributed by atoms with Crippen LogP contribution in [0.25, 0.3) is 0 Å². The highest BCUT2D eigenvalue weighted by Gasteiger charge is 2.26. The first-order chi connectivity index (χ1) is 5.66. The van der Waals surface area contributed by atoms with Crippen molar-refractivity contribution in [2.75, 3.05) is 7.05 Å². The Hall–Kier alpha value is -0.850. The quantitative estimate of drug-likeness (QED) is 0.409. The minimum absolute atomic E-state index is 0.624. The summed E-state index contributed by atoms with van der Waals surface area (Å²) in [7, 11) is 1.46. The lowest BCUT2D eigenvalue weighted by Crippen LogP contribution is -2.63. The highest BCUT2D eigenvalue weighted by molar-refractivity contribution is 5.60. The van der Waals surface area contributed by atoms with E-state index in [1.54, 1.807) is 20.8 Å². The van der Waals surface area contributed by atoms with E-state index in [9.17, 15) is 4.79 Å². The van der Waals surface area contributed by atoms with Gasteiger partial charge in [-0.2, -0.15) is 0 Å². The van der Waals surface area contributed by atoms with Gasteiger partial charge in [0.25, 0.3) is 5.97 Å². The number of nitrogens with two attached hydrogens (primary N) is 2. The Kier molecular flexibility index (Phi) is 3.65. The lowest BCUT2D eigenvalue weighted by molar-refractivity contribution is -0.0726. The first-order valence-electron chi connectivity index (χ1n) is 3.85. The van der Waals surface area contributed by atoms with Crippen LogP contribution in [0.4, 0.5) is 4.79 Å². The second-order valence-electron chi connectivity index (χ2n) is 3.61. The Morgan fingerprint density at radius 3 is 2.00 bits per heavy atom. The maximum Gasteiger partial charge on any atom is 0.512 e. The van der Waals surface area contributed by atoms with E-state index < -0.39 is 17.7 Å². The molecule has 13 heavy (non-hydrogen) atoms. The number of carbonyl (C=O) groups excluding carboxylic acids is 1. The summed E-state index contributed by atoms with van der Waals surface area (Å²) in [5.74, 6) is -1.69. The van der Waals surface area contributed by atoms with Gasteiger partial charge >= 0.3 is 6.16 Å². The van der Waals surface area contributed by atoms with Gasteiger partial charge in [0.05, 0.1) is 0 Å². The topological polar surface area (TPSA) is 99.6 Å². The number of carbonyl (C=O) groups is 1. The van der Waals surface area contributed by atoms with Crippen LogP contribution in [0.3, 0.4) is 0 Å². The molecule has 78 valence electrons. The summed E-state index contributed by atoms with van der Waals surface area (Å²) in [5.41, 5.74) is 9.93. The average molecular weight is 191 g/mol. The van der Waals surface area contributed by atoms with Crippen molar-refractivity contribution in [2.24, 2.45) is 11.5 Å². The van der Waals surface area contributed by atoms with Crippen LogP contribution in [-0.4, -0.2) is 24.8 Å². The molecule has 0 saturated heterocycles. The third-order valence-corrected chi connectivity index (χ3v) is 1.03. The second-order valence-corrected chi connectivity index (χ2v) is 3.61. The van der Waals surface area contributed by atoms with Crippen molar-refractivity contribution in [3.8, 4) is 0 Å². The fraction of sp³-hybridized carbons (Fsp3) is 0.857. The molecule has 0 atom stereocenters. The third kappa shape index (κ3) is 6.32. The Balaban J connectivity index is 4.03. The van der Waals surface area contributed by atoms with E-state index in [1.165, 1.54) is 7.05 Å². The minimum atomic E-state index is -1.69. The molecule has 0 aliphatic carbocycles. The zero-order chi connectivity index (χ0) is 10.7. The Labute approximate surface area is 77.5 Å². The SMILES string of the molecule is CNC(N)(N)OC(=O)OC(C)(C)C. The summed E-state index contributed by atoms with van der Waals surface area (Å²) in [6.45, 7) is 5.13. The average Bonchev–Trinajstić information content (AvgIpc) is 1.81. The molecule has 0 aliphatic heterocycles. The Bertz CT molecular complexity index is 186. The Morgan fingerprint density at radius 2 is 1.69 bits per heavy atom. The van der Waals surface area contributed by atoms with Gasteiger partial charge in [0.1, 0.15) is 5.60 Å². The van der Waals surface area contributed by atoms with Crippen LogP contribution < -0.4 is 16.8 Å². The van der Waals surface area contributed by atoms with Crippen molar-refractivity contribution >= 4 is 6.16 Å². The molecule has 0 amide bonds. The Morgan fingerprint density at radius 1 is 1.23 bits per heavy atom. The van der Waals surface area contributed by atoms with Gasteiger partial charge in [-0.1, -0.05) is 0 Å². The maximum absolute atomic E-state index is 11.0. The van der Waals surface area contributed by atoms with Gasteiger partial charge in [0.15, 0.2) is 0 Å². The van der Waals surface area contributed by atoms with Crippen molar-refractivity contribution in [3.63, 3.8) is 0 Å². The fourth-order valence-electron chi connectivity index (χ4n) is 0.460. The van der Waals surface area contributed by atoms with Crippen molar-refractivity contribution in [1.29, 1.82) is 0 Å². The van der Waals surface area contributed by atoms with Crippen LogP contribution in [-0.2, 0) is 9.47 Å². The van der Waals surface area contributed by atoms with Crippen LogP contribution >= 0.6 is 0 Å². The molecule has 0 bridgehead atoms. The molecule has 0 aromatic heterocycles. The highest BCUT2D eigenvalue weighted by atomic mass is 16.8. The molecule has 6 heteroatoms. The molecule has 0 spiro atoms. The van der Waals surface area contributed by atoms with Crippen molar-refractivity contribution < 1.29 is 14.3 Å². The van der Waals surface area contributed by atoms with Gasteiger partial charge in [-0.25, -0.2) is 4.79 Å². The van der Waals surface area contributed by atoms with Gasteiger partial charge in [-0.3, -0.25) is 16.8 Å². The van der Waals surface area contributed by atoms with Crippen LogP contribution in [0.2, 0.25) is 0 Å². The first-order valence-corrected chi connectivity index (χ1v) is 3.85. The molecule has 5 N–H and O–H groups in total. The normalized spacial score (nSPS) is 12.5. The van der Waals surface area contributed by atoms with Crippen molar-refractivity contribution in [3.05, 3.63) is 0 Å². The molecule has 0 radical (unpaired) electrons. The van der Waals surface area contributed by atoms with Crippen LogP contribution in [0, 0.1) is 0 Å². The van der Waals surface area contributed by atoms with Gasteiger partial charge in [0.2, 0.25) is 0 Å². The monoisotopic (exact) mass is 191 g/mol. The third-order valence-electron chi connectivity index (χ3n) is 1.03. The molecule has 0 heterocycles. The predicted molar refractivity (Wildman–Crippen MR) is 47.5 cm³/mol. The number of nitrogens with one attached hydrogen (secondary N) is 1.